The van der Waals surface area contributed by atoms with Crippen LogP contribution in [-0.2, 0) is 4.74 Å². The first-order valence-corrected chi connectivity index (χ1v) is 8.35. The molecule has 0 N–H and O–H groups in total. The lowest BCUT2D eigenvalue weighted by Gasteiger charge is -2.13. The third kappa shape index (κ3) is 3.29. The average molecular weight is 333 g/mol. The maximum atomic E-state index is 12.1. The van der Waals surface area contributed by atoms with Crippen molar-refractivity contribution in [1.82, 2.24) is 0 Å². The predicted molar refractivity (Wildman–Crippen MR) is 98.2 cm³/mol. The highest BCUT2D eigenvalue weighted by Crippen LogP contribution is 2.24. The number of carbonyl (C=O) groups is 1. The number of fused-ring (bicyclic) bond motifs is 1. The largest absolute Gasteiger partial charge is 0.490 e. The smallest absolute Gasteiger partial charge is 0.414 e. The van der Waals surface area contributed by atoms with Crippen LogP contribution in [0.25, 0.3) is 10.8 Å². The summed E-state index contributed by atoms with van der Waals surface area (Å²) >= 11 is 0. The molecule has 0 spiro atoms. The highest BCUT2D eigenvalue weighted by Gasteiger charge is 2.32. The van der Waals surface area contributed by atoms with Gasteiger partial charge in [-0.25, -0.2) is 4.79 Å². The lowest BCUT2D eigenvalue weighted by atomic mass is 10.1. The van der Waals surface area contributed by atoms with Gasteiger partial charge in [0.2, 0.25) is 0 Å². The Bertz CT molecular complexity index is 904. The normalized spacial score (nSPS) is 16.9. The van der Waals surface area contributed by atoms with E-state index in [1.54, 1.807) is 4.90 Å². The van der Waals surface area contributed by atoms with Gasteiger partial charge in [0.15, 0.2) is 6.10 Å². The minimum atomic E-state index is -0.323. The minimum Gasteiger partial charge on any atom is -0.490 e. The molecule has 1 fully saturated rings. The summed E-state index contributed by atoms with van der Waals surface area (Å²) in [7, 11) is 0. The molecule has 1 amide bonds. The van der Waals surface area contributed by atoms with Crippen LogP contribution >= 0.6 is 0 Å². The molecule has 1 heterocycles. The Morgan fingerprint density at radius 2 is 1.80 bits per heavy atom. The number of cyclic esters (lactones) is 1. The fourth-order valence-corrected chi connectivity index (χ4v) is 2.99. The van der Waals surface area contributed by atoms with Gasteiger partial charge in [-0.3, -0.25) is 4.90 Å². The standard InChI is InChI=1S/C21H19NO3/c1-15-6-9-18(10-7-15)22-13-20(25-21(22)23)14-24-19-11-8-16-4-2-3-5-17(16)12-19/h2-12,20H,13-14H2,1H3. The summed E-state index contributed by atoms with van der Waals surface area (Å²) in [6.07, 6.45) is -0.601. The number of nitrogens with zero attached hydrogens (tertiary/aromatic N) is 1. The van der Waals surface area contributed by atoms with Crippen LogP contribution < -0.4 is 9.64 Å². The first kappa shape index (κ1) is 15.5. The van der Waals surface area contributed by atoms with Crippen molar-refractivity contribution in [1.29, 1.82) is 0 Å². The van der Waals surface area contributed by atoms with E-state index in [1.807, 2.05) is 61.5 Å². The second-order valence-electron chi connectivity index (χ2n) is 6.27. The van der Waals surface area contributed by atoms with Crippen LogP contribution in [0, 0.1) is 6.92 Å². The molecule has 3 aromatic carbocycles. The Morgan fingerprint density at radius 3 is 2.60 bits per heavy atom. The number of anilines is 1. The highest BCUT2D eigenvalue weighted by atomic mass is 16.6. The third-order valence-corrected chi connectivity index (χ3v) is 4.38. The van der Waals surface area contributed by atoms with Gasteiger partial charge in [-0.1, -0.05) is 48.0 Å². The molecule has 1 saturated heterocycles. The number of rotatable bonds is 4. The molecule has 0 bridgehead atoms. The van der Waals surface area contributed by atoms with E-state index in [4.69, 9.17) is 9.47 Å². The van der Waals surface area contributed by atoms with Crippen molar-refractivity contribution in [3.05, 3.63) is 72.3 Å². The summed E-state index contributed by atoms with van der Waals surface area (Å²) in [6.45, 7) is 2.86. The highest BCUT2D eigenvalue weighted by molar-refractivity contribution is 5.89. The molecule has 1 aliphatic heterocycles. The van der Waals surface area contributed by atoms with Gasteiger partial charge in [-0.05, 0) is 42.0 Å². The van der Waals surface area contributed by atoms with Gasteiger partial charge in [0, 0.05) is 5.69 Å². The maximum Gasteiger partial charge on any atom is 0.414 e. The second-order valence-corrected chi connectivity index (χ2v) is 6.27. The van der Waals surface area contributed by atoms with Gasteiger partial charge in [0.25, 0.3) is 0 Å². The number of ether oxygens (including phenoxy) is 2. The van der Waals surface area contributed by atoms with E-state index < -0.39 is 0 Å². The summed E-state index contributed by atoms with van der Waals surface area (Å²) in [6, 6.07) is 22.0. The summed E-state index contributed by atoms with van der Waals surface area (Å²) in [5, 5.41) is 2.30. The fourth-order valence-electron chi connectivity index (χ4n) is 2.99. The number of amides is 1. The Labute approximate surface area is 146 Å². The zero-order chi connectivity index (χ0) is 17.2. The number of benzene rings is 3. The Kier molecular flexibility index (Phi) is 4.02. The van der Waals surface area contributed by atoms with Gasteiger partial charge < -0.3 is 9.47 Å². The van der Waals surface area contributed by atoms with Gasteiger partial charge in [0.1, 0.15) is 12.4 Å². The van der Waals surface area contributed by atoms with Gasteiger partial charge in [-0.2, -0.15) is 0 Å². The number of carbonyl (C=O) groups excluding carboxylic acids is 1. The molecule has 25 heavy (non-hydrogen) atoms. The van der Waals surface area contributed by atoms with Crippen LogP contribution in [0.3, 0.4) is 0 Å². The molecule has 1 unspecified atom stereocenters. The Morgan fingerprint density at radius 1 is 1.04 bits per heavy atom. The summed E-state index contributed by atoms with van der Waals surface area (Å²) in [5.74, 6) is 0.781. The van der Waals surface area contributed by atoms with Crippen LogP contribution in [0.15, 0.2) is 66.7 Å². The molecular formula is C21H19NO3. The maximum absolute atomic E-state index is 12.1. The summed E-state index contributed by atoms with van der Waals surface area (Å²) in [5.41, 5.74) is 2.01. The molecule has 1 aliphatic rings. The van der Waals surface area contributed by atoms with E-state index in [-0.39, 0.29) is 12.2 Å². The fraction of sp³-hybridized carbons (Fsp3) is 0.190. The molecule has 0 aliphatic carbocycles. The summed E-state index contributed by atoms with van der Waals surface area (Å²) < 4.78 is 11.3. The lowest BCUT2D eigenvalue weighted by Crippen LogP contribution is -2.26. The topological polar surface area (TPSA) is 38.8 Å². The molecular weight excluding hydrogens is 314 g/mol. The lowest BCUT2D eigenvalue weighted by molar-refractivity contribution is 0.105. The van der Waals surface area contributed by atoms with Crippen LogP contribution in [0.1, 0.15) is 5.56 Å². The van der Waals surface area contributed by atoms with E-state index in [9.17, 15) is 4.79 Å². The van der Waals surface area contributed by atoms with Crippen molar-refractivity contribution in [2.24, 2.45) is 0 Å². The van der Waals surface area contributed by atoms with Crippen molar-refractivity contribution in [3.63, 3.8) is 0 Å². The Hall–Kier alpha value is -3.01. The monoisotopic (exact) mass is 333 g/mol. The molecule has 3 aromatic rings. The van der Waals surface area contributed by atoms with Crippen molar-refractivity contribution in [2.75, 3.05) is 18.1 Å². The zero-order valence-electron chi connectivity index (χ0n) is 14.0. The molecule has 0 saturated carbocycles. The van der Waals surface area contributed by atoms with E-state index in [0.717, 1.165) is 22.4 Å². The first-order chi connectivity index (χ1) is 12.2. The zero-order valence-corrected chi connectivity index (χ0v) is 14.0. The average Bonchev–Trinajstić information content (AvgIpc) is 3.01. The molecule has 126 valence electrons. The summed E-state index contributed by atoms with van der Waals surface area (Å²) in [4.78, 5) is 13.8. The van der Waals surface area contributed by atoms with Crippen molar-refractivity contribution in [3.8, 4) is 5.75 Å². The van der Waals surface area contributed by atoms with Crippen molar-refractivity contribution >= 4 is 22.6 Å². The minimum absolute atomic E-state index is 0.278. The second kappa shape index (κ2) is 6.48. The van der Waals surface area contributed by atoms with Crippen LogP contribution in [-0.4, -0.2) is 25.3 Å². The third-order valence-electron chi connectivity index (χ3n) is 4.38. The van der Waals surface area contributed by atoms with Crippen LogP contribution in [0.2, 0.25) is 0 Å². The van der Waals surface area contributed by atoms with Crippen molar-refractivity contribution in [2.45, 2.75) is 13.0 Å². The first-order valence-electron chi connectivity index (χ1n) is 8.35. The molecule has 4 heteroatoms. The molecule has 4 nitrogen and oxygen atoms in total. The van der Waals surface area contributed by atoms with Gasteiger partial charge >= 0.3 is 6.09 Å². The predicted octanol–water partition coefficient (Wildman–Crippen LogP) is 4.55. The van der Waals surface area contributed by atoms with Crippen LogP contribution in [0.5, 0.6) is 5.75 Å². The van der Waals surface area contributed by atoms with E-state index in [0.29, 0.717) is 13.2 Å². The van der Waals surface area contributed by atoms with Gasteiger partial charge in [0.05, 0.1) is 6.54 Å². The van der Waals surface area contributed by atoms with Crippen molar-refractivity contribution < 1.29 is 14.3 Å². The van der Waals surface area contributed by atoms with E-state index in [2.05, 4.69) is 12.1 Å². The van der Waals surface area contributed by atoms with Gasteiger partial charge in [-0.15, -0.1) is 0 Å². The number of hydrogen-bond acceptors (Lipinski definition) is 3. The van der Waals surface area contributed by atoms with E-state index in [1.165, 1.54) is 5.39 Å². The SMILES string of the molecule is Cc1ccc(N2CC(COc3ccc4ccccc4c3)OC2=O)cc1. The number of aryl methyl sites for hydroxylation is 1. The molecule has 0 aromatic heterocycles. The van der Waals surface area contributed by atoms with Crippen LogP contribution in [0.4, 0.5) is 10.5 Å². The molecule has 4 rings (SSSR count). The quantitative estimate of drug-likeness (QED) is 0.703. The molecule has 0 radical (unpaired) electrons. The van der Waals surface area contributed by atoms with E-state index >= 15 is 0 Å². The Balaban J connectivity index is 1.41. The number of hydrogen-bond donors (Lipinski definition) is 0. The molecule has 1 atom stereocenters.